The molecule has 5 nitrogen and oxygen atoms in total. The number of rotatable bonds is 9. The van der Waals surface area contributed by atoms with E-state index in [0.29, 0.717) is 29.7 Å². The van der Waals surface area contributed by atoms with Crippen molar-refractivity contribution in [2.75, 3.05) is 30.4 Å². The first-order chi connectivity index (χ1) is 13.7. The highest BCUT2D eigenvalue weighted by Gasteiger charge is 2.04. The molecule has 3 rings (SSSR count). The van der Waals surface area contributed by atoms with E-state index in [1.54, 1.807) is 30.3 Å². The summed E-state index contributed by atoms with van der Waals surface area (Å²) in [6, 6.07) is 24.1. The van der Waals surface area contributed by atoms with Crippen molar-refractivity contribution in [3.63, 3.8) is 0 Å². The average molecular weight is 397 g/mol. The van der Waals surface area contributed by atoms with Gasteiger partial charge in [0.05, 0.1) is 17.3 Å². The van der Waals surface area contributed by atoms with Gasteiger partial charge in [-0.2, -0.15) is 0 Å². The van der Waals surface area contributed by atoms with Gasteiger partial charge < -0.3 is 20.1 Å². The third-order valence-corrected chi connectivity index (χ3v) is 4.14. The van der Waals surface area contributed by atoms with Gasteiger partial charge in [0.2, 0.25) is 5.91 Å². The van der Waals surface area contributed by atoms with Gasteiger partial charge in [-0.1, -0.05) is 41.9 Å². The van der Waals surface area contributed by atoms with E-state index in [2.05, 4.69) is 10.6 Å². The Kier molecular flexibility index (Phi) is 7.15. The lowest BCUT2D eigenvalue weighted by molar-refractivity contribution is -0.114. The first-order valence-electron chi connectivity index (χ1n) is 8.90. The predicted molar refractivity (Wildman–Crippen MR) is 112 cm³/mol. The number of hydrogen-bond donors (Lipinski definition) is 2. The van der Waals surface area contributed by atoms with Crippen LogP contribution in [0.1, 0.15) is 0 Å². The van der Waals surface area contributed by atoms with E-state index in [1.165, 1.54) is 0 Å². The van der Waals surface area contributed by atoms with Crippen LogP contribution in [0.15, 0.2) is 78.9 Å². The summed E-state index contributed by atoms with van der Waals surface area (Å²) in [5.41, 5.74) is 1.42. The number of para-hydroxylation sites is 2. The molecule has 0 spiro atoms. The Morgan fingerprint density at radius 2 is 1.39 bits per heavy atom. The van der Waals surface area contributed by atoms with E-state index >= 15 is 0 Å². The molecule has 0 atom stereocenters. The minimum Gasteiger partial charge on any atom is -0.490 e. The van der Waals surface area contributed by atoms with Gasteiger partial charge in [0.15, 0.2) is 0 Å². The van der Waals surface area contributed by atoms with Crippen LogP contribution >= 0.6 is 11.6 Å². The minimum atomic E-state index is -0.162. The second-order valence-corrected chi connectivity index (χ2v) is 6.32. The molecule has 3 aromatic rings. The molecule has 3 aromatic carbocycles. The summed E-state index contributed by atoms with van der Waals surface area (Å²) in [5.74, 6) is 1.36. The molecule has 6 heteroatoms. The van der Waals surface area contributed by atoms with Crippen molar-refractivity contribution in [2.45, 2.75) is 0 Å². The fourth-order valence-electron chi connectivity index (χ4n) is 2.46. The molecule has 0 bridgehead atoms. The van der Waals surface area contributed by atoms with Crippen molar-refractivity contribution >= 4 is 28.9 Å². The summed E-state index contributed by atoms with van der Waals surface area (Å²) in [6.07, 6.45) is 0. The molecule has 0 aromatic heterocycles. The highest BCUT2D eigenvalue weighted by molar-refractivity contribution is 6.33. The maximum atomic E-state index is 12.1. The number of hydrogen-bond acceptors (Lipinski definition) is 4. The molecule has 28 heavy (non-hydrogen) atoms. The molecule has 0 aliphatic heterocycles. The Hall–Kier alpha value is -3.18. The molecule has 0 unspecified atom stereocenters. The molecule has 0 aliphatic rings. The molecule has 2 N–H and O–H groups in total. The number of benzene rings is 3. The third kappa shape index (κ3) is 6.21. The van der Waals surface area contributed by atoms with E-state index in [0.717, 1.165) is 11.4 Å². The summed E-state index contributed by atoms with van der Waals surface area (Å²) in [7, 11) is 0. The van der Waals surface area contributed by atoms with Crippen LogP contribution in [0.25, 0.3) is 0 Å². The fraction of sp³-hybridized carbons (Fsp3) is 0.136. The molecular weight excluding hydrogens is 376 g/mol. The van der Waals surface area contributed by atoms with E-state index in [1.807, 2.05) is 48.5 Å². The van der Waals surface area contributed by atoms with Crippen LogP contribution in [0.2, 0.25) is 5.02 Å². The SMILES string of the molecule is O=C(CNc1ccccc1Cl)Nc1ccc(OCCOc2ccccc2)cc1. The fourth-order valence-corrected chi connectivity index (χ4v) is 2.66. The molecule has 0 fully saturated rings. The summed E-state index contributed by atoms with van der Waals surface area (Å²) in [6.45, 7) is 1.01. The van der Waals surface area contributed by atoms with Gasteiger partial charge in [-0.25, -0.2) is 0 Å². The highest BCUT2D eigenvalue weighted by Crippen LogP contribution is 2.20. The lowest BCUT2D eigenvalue weighted by atomic mass is 10.3. The molecule has 0 saturated carbocycles. The van der Waals surface area contributed by atoms with Crippen LogP contribution in [0.4, 0.5) is 11.4 Å². The second-order valence-electron chi connectivity index (χ2n) is 5.92. The van der Waals surface area contributed by atoms with Crippen LogP contribution in [-0.2, 0) is 4.79 Å². The third-order valence-electron chi connectivity index (χ3n) is 3.82. The van der Waals surface area contributed by atoms with E-state index in [4.69, 9.17) is 21.1 Å². The number of carbonyl (C=O) groups is 1. The minimum absolute atomic E-state index is 0.124. The molecular formula is C22H21ClN2O3. The zero-order valence-electron chi connectivity index (χ0n) is 15.2. The number of anilines is 2. The predicted octanol–water partition coefficient (Wildman–Crippen LogP) is 4.85. The summed E-state index contributed by atoms with van der Waals surface area (Å²) >= 11 is 6.06. The Labute approximate surface area is 169 Å². The van der Waals surface area contributed by atoms with Gasteiger partial charge in [-0.3, -0.25) is 4.79 Å². The summed E-state index contributed by atoms with van der Waals surface area (Å²) in [4.78, 5) is 12.1. The van der Waals surface area contributed by atoms with E-state index in [9.17, 15) is 4.79 Å². The standard InChI is InChI=1S/C22H21ClN2O3/c23-20-8-4-5-9-21(20)24-16-22(26)25-17-10-12-19(13-11-17)28-15-14-27-18-6-2-1-3-7-18/h1-13,24H,14-16H2,(H,25,26). The molecule has 1 amide bonds. The van der Waals surface area contributed by atoms with Crippen molar-refractivity contribution in [2.24, 2.45) is 0 Å². The topological polar surface area (TPSA) is 59.6 Å². The lowest BCUT2D eigenvalue weighted by Gasteiger charge is -2.10. The highest BCUT2D eigenvalue weighted by atomic mass is 35.5. The maximum Gasteiger partial charge on any atom is 0.243 e. The van der Waals surface area contributed by atoms with E-state index < -0.39 is 0 Å². The van der Waals surface area contributed by atoms with Gasteiger partial charge in [-0.05, 0) is 48.5 Å². The Morgan fingerprint density at radius 1 is 0.786 bits per heavy atom. The van der Waals surface area contributed by atoms with Crippen molar-refractivity contribution in [3.05, 3.63) is 83.9 Å². The first kappa shape index (κ1) is 19.6. The van der Waals surface area contributed by atoms with Crippen molar-refractivity contribution in [3.8, 4) is 11.5 Å². The number of nitrogens with one attached hydrogen (secondary N) is 2. The van der Waals surface area contributed by atoms with Crippen molar-refractivity contribution in [1.82, 2.24) is 0 Å². The van der Waals surface area contributed by atoms with Crippen LogP contribution in [-0.4, -0.2) is 25.7 Å². The summed E-state index contributed by atoms with van der Waals surface area (Å²) in [5, 5.41) is 6.41. The Balaban J connectivity index is 1.39. The average Bonchev–Trinajstić information content (AvgIpc) is 2.72. The smallest absolute Gasteiger partial charge is 0.243 e. The molecule has 0 saturated heterocycles. The lowest BCUT2D eigenvalue weighted by Crippen LogP contribution is -2.21. The van der Waals surface area contributed by atoms with Gasteiger partial charge in [0.25, 0.3) is 0 Å². The van der Waals surface area contributed by atoms with Crippen LogP contribution in [0, 0.1) is 0 Å². The van der Waals surface area contributed by atoms with E-state index in [-0.39, 0.29) is 12.5 Å². The molecule has 0 heterocycles. The van der Waals surface area contributed by atoms with Crippen LogP contribution < -0.4 is 20.1 Å². The Bertz CT molecular complexity index is 886. The first-order valence-corrected chi connectivity index (χ1v) is 9.27. The van der Waals surface area contributed by atoms with Gasteiger partial charge in [0.1, 0.15) is 24.7 Å². The zero-order valence-corrected chi connectivity index (χ0v) is 16.0. The normalized spacial score (nSPS) is 10.2. The van der Waals surface area contributed by atoms with Gasteiger partial charge >= 0.3 is 0 Å². The molecule has 0 radical (unpaired) electrons. The monoisotopic (exact) mass is 396 g/mol. The number of halogens is 1. The number of ether oxygens (including phenoxy) is 2. The quantitative estimate of drug-likeness (QED) is 0.508. The Morgan fingerprint density at radius 3 is 2.07 bits per heavy atom. The molecule has 0 aliphatic carbocycles. The van der Waals surface area contributed by atoms with Gasteiger partial charge in [-0.15, -0.1) is 0 Å². The van der Waals surface area contributed by atoms with Crippen molar-refractivity contribution in [1.29, 1.82) is 0 Å². The van der Waals surface area contributed by atoms with Crippen LogP contribution in [0.5, 0.6) is 11.5 Å². The van der Waals surface area contributed by atoms with Gasteiger partial charge in [0, 0.05) is 5.69 Å². The van der Waals surface area contributed by atoms with Crippen LogP contribution in [0.3, 0.4) is 0 Å². The largest absolute Gasteiger partial charge is 0.490 e. The number of carbonyl (C=O) groups excluding carboxylic acids is 1. The molecule has 144 valence electrons. The maximum absolute atomic E-state index is 12.1. The number of amides is 1. The zero-order chi connectivity index (χ0) is 19.6. The summed E-state index contributed by atoms with van der Waals surface area (Å²) < 4.78 is 11.2. The second kappa shape index (κ2) is 10.2. The van der Waals surface area contributed by atoms with Crippen molar-refractivity contribution < 1.29 is 14.3 Å².